The minimum Gasteiger partial charge on any atom is -0.444 e. The smallest absolute Gasteiger partial charge is 0.408 e. The molecule has 0 radical (unpaired) electrons. The standard InChI is InChI=1S/C16H30N2O3/c1-12(17-15(20)21-16(2,3)4)14(19)18-13-10-8-6-5-7-9-11-13/h12-13H,5-11H2,1-4H3,(H,17,20)(H,18,19)/t12-/m0/s1. The monoisotopic (exact) mass is 298 g/mol. The summed E-state index contributed by atoms with van der Waals surface area (Å²) in [4.78, 5) is 23.8. The first-order valence-electron chi connectivity index (χ1n) is 8.08. The maximum atomic E-state index is 12.1. The van der Waals surface area contributed by atoms with Crippen LogP contribution in [-0.4, -0.2) is 29.7 Å². The van der Waals surface area contributed by atoms with Crippen molar-refractivity contribution in [2.45, 2.75) is 90.3 Å². The van der Waals surface area contributed by atoms with Crippen molar-refractivity contribution in [1.82, 2.24) is 10.6 Å². The third kappa shape index (κ3) is 7.93. The lowest BCUT2D eigenvalue weighted by molar-refractivity contribution is -0.123. The summed E-state index contributed by atoms with van der Waals surface area (Å²) in [6, 6.07) is -0.342. The minimum absolute atomic E-state index is 0.133. The van der Waals surface area contributed by atoms with Gasteiger partial charge in [0.25, 0.3) is 0 Å². The van der Waals surface area contributed by atoms with Crippen LogP contribution in [0.15, 0.2) is 0 Å². The van der Waals surface area contributed by atoms with E-state index in [1.165, 1.54) is 32.1 Å². The van der Waals surface area contributed by atoms with Crippen molar-refractivity contribution in [3.05, 3.63) is 0 Å². The fourth-order valence-corrected chi connectivity index (χ4v) is 2.48. The second-order valence-corrected chi connectivity index (χ2v) is 6.92. The topological polar surface area (TPSA) is 67.4 Å². The summed E-state index contributed by atoms with van der Waals surface area (Å²) in [5.74, 6) is -0.133. The molecule has 0 aromatic heterocycles. The molecule has 0 aromatic rings. The van der Waals surface area contributed by atoms with Gasteiger partial charge < -0.3 is 15.4 Å². The summed E-state index contributed by atoms with van der Waals surface area (Å²) in [7, 11) is 0. The van der Waals surface area contributed by atoms with Crippen LogP contribution >= 0.6 is 0 Å². The van der Waals surface area contributed by atoms with Gasteiger partial charge in [-0.2, -0.15) is 0 Å². The van der Waals surface area contributed by atoms with Gasteiger partial charge in [0.2, 0.25) is 5.91 Å². The van der Waals surface area contributed by atoms with Crippen molar-refractivity contribution in [3.63, 3.8) is 0 Å². The Morgan fingerprint density at radius 1 is 1.05 bits per heavy atom. The molecular formula is C16H30N2O3. The molecule has 0 aromatic carbocycles. The summed E-state index contributed by atoms with van der Waals surface area (Å²) < 4.78 is 5.15. The van der Waals surface area contributed by atoms with Crippen molar-refractivity contribution in [3.8, 4) is 0 Å². The molecular weight excluding hydrogens is 268 g/mol. The summed E-state index contributed by atoms with van der Waals surface area (Å²) >= 11 is 0. The van der Waals surface area contributed by atoms with Crippen LogP contribution in [0.1, 0.15) is 72.6 Å². The largest absolute Gasteiger partial charge is 0.444 e. The van der Waals surface area contributed by atoms with Gasteiger partial charge in [0.05, 0.1) is 0 Å². The van der Waals surface area contributed by atoms with Gasteiger partial charge in [-0.15, -0.1) is 0 Å². The third-order valence-corrected chi connectivity index (χ3v) is 3.58. The number of carbonyl (C=O) groups excluding carboxylic acids is 2. The first-order chi connectivity index (χ1) is 9.78. The van der Waals surface area contributed by atoms with Crippen LogP contribution in [0.4, 0.5) is 4.79 Å². The van der Waals surface area contributed by atoms with Gasteiger partial charge in [-0.3, -0.25) is 4.79 Å². The molecule has 1 aliphatic rings. The summed E-state index contributed by atoms with van der Waals surface area (Å²) in [6.45, 7) is 7.08. The van der Waals surface area contributed by atoms with Crippen molar-refractivity contribution in [1.29, 1.82) is 0 Å². The van der Waals surface area contributed by atoms with Gasteiger partial charge in [-0.1, -0.05) is 32.1 Å². The molecule has 5 heteroatoms. The average Bonchev–Trinajstić information content (AvgIpc) is 2.29. The Morgan fingerprint density at radius 3 is 2.10 bits per heavy atom. The molecule has 0 heterocycles. The lowest BCUT2D eigenvalue weighted by Gasteiger charge is -2.24. The Balaban J connectivity index is 2.37. The van der Waals surface area contributed by atoms with E-state index in [4.69, 9.17) is 4.74 Å². The molecule has 1 atom stereocenters. The molecule has 0 spiro atoms. The van der Waals surface area contributed by atoms with Gasteiger partial charge in [0.1, 0.15) is 11.6 Å². The van der Waals surface area contributed by atoms with E-state index in [2.05, 4.69) is 10.6 Å². The Hall–Kier alpha value is -1.26. The molecule has 0 bridgehead atoms. The number of amides is 2. The van der Waals surface area contributed by atoms with Crippen LogP contribution in [0.2, 0.25) is 0 Å². The highest BCUT2D eigenvalue weighted by atomic mass is 16.6. The molecule has 0 aliphatic heterocycles. The molecule has 1 saturated carbocycles. The number of nitrogens with one attached hydrogen (secondary N) is 2. The van der Waals surface area contributed by atoms with Crippen LogP contribution in [0.25, 0.3) is 0 Å². The number of hydrogen-bond acceptors (Lipinski definition) is 3. The van der Waals surface area contributed by atoms with Gasteiger partial charge in [0.15, 0.2) is 0 Å². The van der Waals surface area contributed by atoms with Crippen LogP contribution < -0.4 is 10.6 Å². The lowest BCUT2D eigenvalue weighted by Crippen LogP contribution is -2.49. The maximum Gasteiger partial charge on any atom is 0.408 e. The zero-order valence-corrected chi connectivity index (χ0v) is 13.8. The van der Waals surface area contributed by atoms with Crippen molar-refractivity contribution in [2.24, 2.45) is 0 Å². The van der Waals surface area contributed by atoms with Crippen molar-refractivity contribution >= 4 is 12.0 Å². The predicted molar refractivity (Wildman–Crippen MR) is 83.1 cm³/mol. The predicted octanol–water partition coefficient (Wildman–Crippen LogP) is 3.13. The third-order valence-electron chi connectivity index (χ3n) is 3.58. The van der Waals surface area contributed by atoms with Crippen molar-refractivity contribution in [2.75, 3.05) is 0 Å². The van der Waals surface area contributed by atoms with Crippen LogP contribution in [0.3, 0.4) is 0 Å². The fraction of sp³-hybridized carbons (Fsp3) is 0.875. The molecule has 122 valence electrons. The number of carbonyl (C=O) groups is 2. The Kier molecular flexibility index (Phi) is 6.99. The van der Waals surface area contributed by atoms with Crippen LogP contribution in [0, 0.1) is 0 Å². The van der Waals surface area contributed by atoms with E-state index in [9.17, 15) is 9.59 Å². The molecule has 2 N–H and O–H groups in total. The molecule has 0 saturated heterocycles. The van der Waals surface area contributed by atoms with E-state index in [-0.39, 0.29) is 11.9 Å². The Bertz CT molecular complexity index is 342. The zero-order chi connectivity index (χ0) is 15.9. The molecule has 1 fully saturated rings. The van der Waals surface area contributed by atoms with E-state index in [1.54, 1.807) is 27.7 Å². The van der Waals surface area contributed by atoms with Crippen molar-refractivity contribution < 1.29 is 14.3 Å². The normalized spacial score (nSPS) is 19.0. The first kappa shape index (κ1) is 17.8. The zero-order valence-electron chi connectivity index (χ0n) is 13.8. The number of ether oxygens (including phenoxy) is 1. The van der Waals surface area contributed by atoms with Gasteiger partial charge in [-0.25, -0.2) is 4.79 Å². The highest BCUT2D eigenvalue weighted by molar-refractivity contribution is 5.85. The summed E-state index contributed by atoms with van der Waals surface area (Å²) in [5.41, 5.74) is -0.556. The van der Waals surface area contributed by atoms with E-state index in [0.717, 1.165) is 12.8 Å². The molecule has 1 aliphatic carbocycles. The van der Waals surface area contributed by atoms with Crippen LogP contribution in [0.5, 0.6) is 0 Å². The number of alkyl carbamates (subject to hydrolysis) is 1. The maximum absolute atomic E-state index is 12.1. The van der Waals surface area contributed by atoms with E-state index in [0.29, 0.717) is 0 Å². The number of hydrogen-bond donors (Lipinski definition) is 2. The average molecular weight is 298 g/mol. The fourth-order valence-electron chi connectivity index (χ4n) is 2.48. The quantitative estimate of drug-likeness (QED) is 0.841. The Morgan fingerprint density at radius 2 is 1.57 bits per heavy atom. The van der Waals surface area contributed by atoms with E-state index >= 15 is 0 Å². The number of rotatable bonds is 3. The Labute approximate surface area is 128 Å². The molecule has 0 unspecified atom stereocenters. The van der Waals surface area contributed by atoms with E-state index in [1.807, 2.05) is 0 Å². The SMILES string of the molecule is C[C@H](NC(=O)OC(C)(C)C)C(=O)NC1CCCCCCC1. The highest BCUT2D eigenvalue weighted by Crippen LogP contribution is 2.17. The first-order valence-corrected chi connectivity index (χ1v) is 8.08. The molecule has 21 heavy (non-hydrogen) atoms. The van der Waals surface area contributed by atoms with Gasteiger partial charge >= 0.3 is 6.09 Å². The minimum atomic E-state index is -0.578. The molecule has 5 nitrogen and oxygen atoms in total. The summed E-state index contributed by atoms with van der Waals surface area (Å²) in [5, 5.41) is 5.63. The van der Waals surface area contributed by atoms with Gasteiger partial charge in [0, 0.05) is 6.04 Å². The molecule has 2 amide bonds. The summed E-state index contributed by atoms with van der Waals surface area (Å²) in [6.07, 6.45) is 7.64. The van der Waals surface area contributed by atoms with Crippen LogP contribution in [-0.2, 0) is 9.53 Å². The lowest BCUT2D eigenvalue weighted by atomic mass is 9.96. The van der Waals surface area contributed by atoms with Gasteiger partial charge in [-0.05, 0) is 40.5 Å². The molecule has 1 rings (SSSR count). The highest BCUT2D eigenvalue weighted by Gasteiger charge is 2.22. The second kappa shape index (κ2) is 8.25. The van der Waals surface area contributed by atoms with E-state index < -0.39 is 17.7 Å². The second-order valence-electron chi connectivity index (χ2n) is 6.92.